The topological polar surface area (TPSA) is 118 Å². The highest BCUT2D eigenvalue weighted by molar-refractivity contribution is 7.92. The summed E-state index contributed by atoms with van der Waals surface area (Å²) in [5.41, 5.74) is 1.72. The van der Waals surface area contributed by atoms with E-state index in [1.165, 1.54) is 12.8 Å². The number of benzene rings is 1. The Kier molecular flexibility index (Phi) is 9.40. The number of aliphatic hydroxyl groups is 2. The molecular formula is C38H55NO6S. The number of carbonyl (C=O) groups is 1. The number of rotatable bonds is 10. The number of carbonyl (C=O) groups excluding carboxylic acids is 1. The molecule has 0 aliphatic heterocycles. The molecule has 7 nitrogen and oxygen atoms in total. The van der Waals surface area contributed by atoms with Crippen LogP contribution in [0.2, 0.25) is 0 Å². The highest BCUT2D eigenvalue weighted by Gasteiger charge is 2.64. The van der Waals surface area contributed by atoms with Crippen molar-refractivity contribution in [2.45, 2.75) is 122 Å². The first kappa shape index (κ1) is 33.9. The summed E-state index contributed by atoms with van der Waals surface area (Å²) in [7, 11) is -3.74. The Bertz CT molecular complexity index is 1500. The van der Waals surface area contributed by atoms with Gasteiger partial charge in [-0.3, -0.25) is 4.79 Å². The first-order valence-electron chi connectivity index (χ1n) is 17.9. The van der Waals surface area contributed by atoms with Gasteiger partial charge in [-0.15, -0.1) is 0 Å². The predicted molar refractivity (Wildman–Crippen MR) is 179 cm³/mol. The molecule has 6 rings (SSSR count). The summed E-state index contributed by atoms with van der Waals surface area (Å²) < 4.78 is 31.6. The minimum absolute atomic E-state index is 0.181. The van der Waals surface area contributed by atoms with E-state index in [0.717, 1.165) is 50.5 Å². The molecule has 4 aliphatic carbocycles. The van der Waals surface area contributed by atoms with Crippen LogP contribution in [0.1, 0.15) is 104 Å². The maximum absolute atomic E-state index is 13.2. The lowest BCUT2D eigenvalue weighted by Gasteiger charge is -2.64. The Balaban J connectivity index is 1.07. The van der Waals surface area contributed by atoms with Gasteiger partial charge < -0.3 is 14.7 Å². The monoisotopic (exact) mass is 653 g/mol. The lowest BCUT2D eigenvalue weighted by molar-refractivity contribution is -0.203. The van der Waals surface area contributed by atoms with Gasteiger partial charge in [-0.25, -0.2) is 8.42 Å². The van der Waals surface area contributed by atoms with Gasteiger partial charge in [0.2, 0.25) is 0 Å². The van der Waals surface area contributed by atoms with E-state index in [1.54, 1.807) is 37.4 Å². The summed E-state index contributed by atoms with van der Waals surface area (Å²) in [6.45, 7) is 11.3. The molecule has 4 fully saturated rings. The maximum atomic E-state index is 13.2. The lowest BCUT2D eigenvalue weighted by Crippen LogP contribution is -2.62. The zero-order chi connectivity index (χ0) is 33.0. The normalized spacial score (nSPS) is 38.1. The molecule has 0 bridgehead atoms. The van der Waals surface area contributed by atoms with Crippen LogP contribution in [0.5, 0.6) is 0 Å². The number of hydrogen-bond acceptors (Lipinski definition) is 7. The number of ketones is 1. The molecule has 2 aromatic rings. The summed E-state index contributed by atoms with van der Waals surface area (Å²) in [6.07, 6.45) is 11.4. The predicted octanol–water partition coefficient (Wildman–Crippen LogP) is 7.43. The van der Waals surface area contributed by atoms with Gasteiger partial charge in [-0.1, -0.05) is 45.7 Å². The van der Waals surface area contributed by atoms with Gasteiger partial charge in [0.1, 0.15) is 11.5 Å². The van der Waals surface area contributed by atoms with Gasteiger partial charge in [0.25, 0.3) is 0 Å². The number of sulfone groups is 1. The zero-order valence-corrected chi connectivity index (χ0v) is 29.3. The van der Waals surface area contributed by atoms with E-state index < -0.39 is 15.6 Å². The Labute approximate surface area is 275 Å². The fourth-order valence-electron chi connectivity index (χ4n) is 11.6. The molecule has 0 radical (unpaired) electrons. The molecule has 46 heavy (non-hydrogen) atoms. The third-order valence-electron chi connectivity index (χ3n) is 13.8. The Morgan fingerprint density at radius 1 is 1.04 bits per heavy atom. The Morgan fingerprint density at radius 3 is 2.48 bits per heavy atom. The second-order valence-electron chi connectivity index (χ2n) is 16.1. The van der Waals surface area contributed by atoms with Crippen LogP contribution in [0.25, 0.3) is 11.3 Å². The average Bonchev–Trinajstić information content (AvgIpc) is 3.66. The molecule has 4 aliphatic rings. The quantitative estimate of drug-likeness (QED) is 0.274. The van der Waals surface area contributed by atoms with Crippen LogP contribution in [-0.2, 0) is 14.6 Å². The van der Waals surface area contributed by atoms with Crippen molar-refractivity contribution in [2.24, 2.45) is 52.3 Å². The molecule has 2 N–H and O–H groups in total. The molecule has 11 atom stereocenters. The minimum Gasteiger partial charge on any atom is -0.393 e. The van der Waals surface area contributed by atoms with Gasteiger partial charge in [0.15, 0.2) is 15.6 Å². The van der Waals surface area contributed by atoms with Crippen molar-refractivity contribution >= 4 is 15.6 Å². The Morgan fingerprint density at radius 2 is 1.78 bits per heavy atom. The summed E-state index contributed by atoms with van der Waals surface area (Å²) in [6, 6.07) is 6.75. The number of aryl methyl sites for hydroxylation is 1. The van der Waals surface area contributed by atoms with E-state index in [9.17, 15) is 23.4 Å². The number of nitrogens with zero attached hydrogens (tertiary/aromatic N) is 1. The molecular weight excluding hydrogens is 598 g/mol. The molecule has 0 unspecified atom stereocenters. The van der Waals surface area contributed by atoms with Gasteiger partial charge in [-0.2, -0.15) is 0 Å². The van der Waals surface area contributed by atoms with E-state index in [2.05, 4.69) is 32.9 Å². The van der Waals surface area contributed by atoms with Gasteiger partial charge in [0.05, 0.1) is 23.3 Å². The van der Waals surface area contributed by atoms with Gasteiger partial charge >= 0.3 is 0 Å². The van der Waals surface area contributed by atoms with Crippen LogP contribution >= 0.6 is 0 Å². The summed E-state index contributed by atoms with van der Waals surface area (Å²) >= 11 is 0. The zero-order valence-electron chi connectivity index (χ0n) is 28.5. The molecule has 0 saturated heterocycles. The number of fused-ring (bicyclic) bond motifs is 5. The number of aliphatic hydroxyl groups excluding tert-OH is 2. The molecule has 254 valence electrons. The average molecular weight is 654 g/mol. The fraction of sp³-hybridized carbons (Fsp3) is 0.737. The minimum atomic E-state index is -3.74. The van der Waals surface area contributed by atoms with Crippen LogP contribution in [0.3, 0.4) is 0 Å². The van der Waals surface area contributed by atoms with Crippen molar-refractivity contribution in [2.75, 3.05) is 5.75 Å². The molecule has 8 heteroatoms. The largest absolute Gasteiger partial charge is 0.393 e. The van der Waals surface area contributed by atoms with Gasteiger partial charge in [-0.05, 0) is 134 Å². The van der Waals surface area contributed by atoms with E-state index in [4.69, 9.17) is 4.52 Å². The molecule has 1 heterocycles. The number of hydrogen-bond donors (Lipinski definition) is 2. The highest BCUT2D eigenvalue weighted by atomic mass is 32.2. The molecule has 4 saturated carbocycles. The first-order chi connectivity index (χ1) is 21.8. The third kappa shape index (κ3) is 5.83. The summed E-state index contributed by atoms with van der Waals surface area (Å²) in [5, 5.41) is 26.3. The molecule has 1 aromatic carbocycles. The van der Waals surface area contributed by atoms with Crippen LogP contribution in [0.4, 0.5) is 0 Å². The smallest absolute Gasteiger partial charge is 0.185 e. The van der Waals surface area contributed by atoms with Crippen molar-refractivity contribution in [1.29, 1.82) is 0 Å². The summed E-state index contributed by atoms with van der Waals surface area (Å²) in [5.74, 6) is 2.90. The summed E-state index contributed by atoms with van der Waals surface area (Å²) in [4.78, 5) is 13.2. The molecule has 0 spiro atoms. The van der Waals surface area contributed by atoms with E-state index in [-0.39, 0.29) is 46.1 Å². The van der Waals surface area contributed by atoms with Crippen LogP contribution < -0.4 is 0 Å². The molecule has 0 amide bonds. The van der Waals surface area contributed by atoms with Crippen LogP contribution in [-0.4, -0.2) is 47.5 Å². The van der Waals surface area contributed by atoms with Crippen molar-refractivity contribution < 1.29 is 27.9 Å². The SMILES string of the molecule is CC[C@H]1[C@@H](O)[C@@H]2[C@H](CC[C@]3(C)[C@@H]([C@H](C)CCCC(=O)CS(=O)(=O)c4ccc(-c5ccno5)cc4C)CC[C@@H]23)[C@@]2(C)CC[C@@H](O)C[C@@H]12. The van der Waals surface area contributed by atoms with Crippen LogP contribution in [0, 0.1) is 59.2 Å². The maximum Gasteiger partial charge on any atom is 0.185 e. The van der Waals surface area contributed by atoms with Crippen molar-refractivity contribution in [3.05, 3.63) is 36.0 Å². The number of aromatic nitrogens is 1. The fourth-order valence-corrected chi connectivity index (χ4v) is 13.2. The van der Waals surface area contributed by atoms with Crippen LogP contribution in [0.15, 0.2) is 39.9 Å². The highest BCUT2D eigenvalue weighted by Crippen LogP contribution is 2.69. The second kappa shape index (κ2) is 12.8. The molecule has 1 aromatic heterocycles. The van der Waals surface area contributed by atoms with E-state index >= 15 is 0 Å². The first-order valence-corrected chi connectivity index (χ1v) is 19.6. The number of Topliss-reactive ketones (excluding diaryl/α,β-unsaturated/α-hetero) is 1. The van der Waals surface area contributed by atoms with Crippen molar-refractivity contribution in [3.63, 3.8) is 0 Å². The van der Waals surface area contributed by atoms with Crippen molar-refractivity contribution in [3.8, 4) is 11.3 Å². The van der Waals surface area contributed by atoms with Gasteiger partial charge in [0, 0.05) is 18.1 Å². The third-order valence-corrected chi connectivity index (χ3v) is 15.7. The van der Waals surface area contributed by atoms with E-state index in [1.807, 2.05) is 0 Å². The van der Waals surface area contributed by atoms with E-state index in [0.29, 0.717) is 53.3 Å². The Hall–Kier alpha value is -2.03. The lowest BCUT2D eigenvalue weighted by atomic mass is 9.41. The standard InChI is InChI=1S/C38H55NO6S/c1-6-28-32-21-26(40)14-17-38(32,5)31-15-18-37(4)29(11-12-30(37)35(31)36(28)42)23(2)8-7-9-27(41)22-46(43,44)34-13-10-25(20-24(34)3)33-16-19-39-45-33/h10,13,16,19-20,23,26,28-32,35-36,40,42H,6-9,11-12,14-15,17-18,21-22H2,1-5H3/t23-,26-,28-,29-,30+,31+,32+,35+,36-,37-,38-/m1/s1. The van der Waals surface area contributed by atoms with Crippen molar-refractivity contribution in [1.82, 2.24) is 5.16 Å². The second-order valence-corrected chi connectivity index (χ2v) is 18.1.